The molecule has 0 aliphatic carbocycles. The Morgan fingerprint density at radius 3 is 2.09 bits per heavy atom. The average molecular weight is 191 g/mol. The minimum atomic E-state index is 0. The number of rotatable bonds is 2. The molecule has 0 N–H and O–H groups in total. The topological polar surface area (TPSA) is 0 Å². The lowest BCUT2D eigenvalue weighted by molar-refractivity contribution is 1.28. The molecule has 1 aromatic rings. The van der Waals surface area contributed by atoms with Gasteiger partial charge in [0.05, 0.1) is 0 Å². The first kappa shape index (κ1) is 13.2. The zero-order chi connectivity index (χ0) is 6.53. The highest BCUT2D eigenvalue weighted by atomic mass is 35.5. The molecule has 0 amide bonds. The summed E-state index contributed by atoms with van der Waals surface area (Å²) in [6, 6.07) is 10.3. The Morgan fingerprint density at radius 1 is 1.09 bits per heavy atom. The number of benzene rings is 1. The summed E-state index contributed by atoms with van der Waals surface area (Å²) < 4.78 is 0. The SMILES string of the molecule is C=CCc1ccccc1.Cl.Cl. The highest BCUT2D eigenvalue weighted by Gasteiger charge is 1.82. The Kier molecular flexibility index (Phi) is 9.14. The molecule has 0 radical (unpaired) electrons. The lowest BCUT2D eigenvalue weighted by Crippen LogP contribution is -1.75. The standard InChI is InChI=1S/C9H10.2ClH/c1-2-6-9-7-4-3-5-8-9;;/h2-5,7-8H,1,6H2;2*1H. The Hall–Kier alpha value is -0.460. The largest absolute Gasteiger partial charge is 0.147 e. The molecule has 1 rings (SSSR count). The van der Waals surface area contributed by atoms with Crippen molar-refractivity contribution < 1.29 is 0 Å². The molecule has 0 aromatic heterocycles. The van der Waals surface area contributed by atoms with Crippen molar-refractivity contribution in [2.24, 2.45) is 0 Å². The van der Waals surface area contributed by atoms with Gasteiger partial charge in [0.1, 0.15) is 0 Å². The first-order chi connectivity index (χ1) is 4.43. The number of hydrogen-bond donors (Lipinski definition) is 0. The van der Waals surface area contributed by atoms with Crippen molar-refractivity contribution in [2.45, 2.75) is 6.42 Å². The second kappa shape index (κ2) is 7.64. The normalized spacial score (nSPS) is 7.27. The van der Waals surface area contributed by atoms with Crippen LogP contribution in [0.2, 0.25) is 0 Å². The molecule has 0 fully saturated rings. The van der Waals surface area contributed by atoms with Crippen LogP contribution in [-0.4, -0.2) is 0 Å². The van der Waals surface area contributed by atoms with Crippen molar-refractivity contribution >= 4 is 24.8 Å². The molecule has 0 bridgehead atoms. The van der Waals surface area contributed by atoms with Crippen molar-refractivity contribution in [3.8, 4) is 0 Å². The van der Waals surface area contributed by atoms with Crippen LogP contribution in [0.4, 0.5) is 0 Å². The van der Waals surface area contributed by atoms with Crippen LogP contribution in [0.5, 0.6) is 0 Å². The molecule has 11 heavy (non-hydrogen) atoms. The van der Waals surface area contributed by atoms with E-state index < -0.39 is 0 Å². The van der Waals surface area contributed by atoms with Gasteiger partial charge in [0.2, 0.25) is 0 Å². The summed E-state index contributed by atoms with van der Waals surface area (Å²) >= 11 is 0. The van der Waals surface area contributed by atoms with E-state index in [1.54, 1.807) is 0 Å². The van der Waals surface area contributed by atoms with E-state index in [0.717, 1.165) is 6.42 Å². The van der Waals surface area contributed by atoms with E-state index in [0.29, 0.717) is 0 Å². The Balaban J connectivity index is 0. The summed E-state index contributed by atoms with van der Waals surface area (Å²) in [5.41, 5.74) is 1.33. The monoisotopic (exact) mass is 190 g/mol. The molecule has 1 aromatic carbocycles. The van der Waals surface area contributed by atoms with Gasteiger partial charge in [0, 0.05) is 0 Å². The summed E-state index contributed by atoms with van der Waals surface area (Å²) in [6.45, 7) is 3.66. The van der Waals surface area contributed by atoms with E-state index in [1.807, 2.05) is 24.3 Å². The molecule has 0 unspecified atom stereocenters. The smallest absolute Gasteiger partial charge is 0.0100 e. The molecule has 0 heterocycles. The second-order valence-electron chi connectivity index (χ2n) is 1.98. The summed E-state index contributed by atoms with van der Waals surface area (Å²) in [4.78, 5) is 0. The first-order valence-electron chi connectivity index (χ1n) is 3.08. The zero-order valence-corrected chi connectivity index (χ0v) is 7.83. The van der Waals surface area contributed by atoms with E-state index in [2.05, 4.69) is 18.7 Å². The van der Waals surface area contributed by atoms with Gasteiger partial charge in [-0.1, -0.05) is 36.4 Å². The maximum absolute atomic E-state index is 3.66. The average Bonchev–Trinajstić information content (AvgIpc) is 1.91. The van der Waals surface area contributed by atoms with Crippen LogP contribution < -0.4 is 0 Å². The fraction of sp³-hybridized carbons (Fsp3) is 0.111. The Labute approximate surface area is 80.1 Å². The van der Waals surface area contributed by atoms with E-state index in [4.69, 9.17) is 0 Å². The molecular formula is C9H12Cl2. The van der Waals surface area contributed by atoms with Gasteiger partial charge in [-0.05, 0) is 12.0 Å². The fourth-order valence-corrected chi connectivity index (χ4v) is 0.781. The number of allylic oxidation sites excluding steroid dienone is 1. The van der Waals surface area contributed by atoms with Gasteiger partial charge in [-0.15, -0.1) is 31.4 Å². The molecule has 0 spiro atoms. The second-order valence-corrected chi connectivity index (χ2v) is 1.98. The third-order valence-corrected chi connectivity index (χ3v) is 1.22. The van der Waals surface area contributed by atoms with Crippen LogP contribution in [0.1, 0.15) is 5.56 Å². The molecule has 0 aliphatic heterocycles. The van der Waals surface area contributed by atoms with Gasteiger partial charge in [0.25, 0.3) is 0 Å². The first-order valence-corrected chi connectivity index (χ1v) is 3.08. The van der Waals surface area contributed by atoms with Crippen LogP contribution in [-0.2, 0) is 6.42 Å². The van der Waals surface area contributed by atoms with Crippen LogP contribution in [0, 0.1) is 0 Å². The molecule has 2 heteroatoms. The van der Waals surface area contributed by atoms with Crippen molar-refractivity contribution in [3.05, 3.63) is 48.6 Å². The predicted molar refractivity (Wildman–Crippen MR) is 54.8 cm³/mol. The molecule has 0 saturated heterocycles. The number of hydrogen-bond acceptors (Lipinski definition) is 0. The lowest BCUT2D eigenvalue weighted by Gasteiger charge is -1.91. The third kappa shape index (κ3) is 4.88. The maximum atomic E-state index is 3.66. The highest BCUT2D eigenvalue weighted by Crippen LogP contribution is 1.98. The third-order valence-electron chi connectivity index (χ3n) is 1.22. The van der Waals surface area contributed by atoms with Gasteiger partial charge in [-0.25, -0.2) is 0 Å². The fourth-order valence-electron chi connectivity index (χ4n) is 0.781. The van der Waals surface area contributed by atoms with Gasteiger partial charge < -0.3 is 0 Å². The molecule has 0 nitrogen and oxygen atoms in total. The minimum absolute atomic E-state index is 0. The Bertz CT molecular complexity index is 182. The van der Waals surface area contributed by atoms with E-state index in [-0.39, 0.29) is 24.8 Å². The lowest BCUT2D eigenvalue weighted by atomic mass is 10.2. The van der Waals surface area contributed by atoms with Crippen LogP contribution in [0.25, 0.3) is 0 Å². The van der Waals surface area contributed by atoms with Crippen molar-refractivity contribution in [1.29, 1.82) is 0 Å². The molecule has 62 valence electrons. The van der Waals surface area contributed by atoms with Crippen LogP contribution >= 0.6 is 24.8 Å². The van der Waals surface area contributed by atoms with Gasteiger partial charge >= 0.3 is 0 Å². The quantitative estimate of drug-likeness (QED) is 0.629. The summed E-state index contributed by atoms with van der Waals surface area (Å²) in [7, 11) is 0. The molecular weight excluding hydrogens is 179 g/mol. The molecule has 0 aliphatic rings. The Morgan fingerprint density at radius 2 is 1.64 bits per heavy atom. The van der Waals surface area contributed by atoms with E-state index in [9.17, 15) is 0 Å². The summed E-state index contributed by atoms with van der Waals surface area (Å²) in [5.74, 6) is 0. The molecule has 0 atom stereocenters. The van der Waals surface area contributed by atoms with Crippen molar-refractivity contribution in [2.75, 3.05) is 0 Å². The maximum Gasteiger partial charge on any atom is -0.0100 e. The van der Waals surface area contributed by atoms with Crippen LogP contribution in [0.3, 0.4) is 0 Å². The van der Waals surface area contributed by atoms with Crippen molar-refractivity contribution in [3.63, 3.8) is 0 Å². The van der Waals surface area contributed by atoms with E-state index in [1.165, 1.54) is 5.56 Å². The van der Waals surface area contributed by atoms with E-state index >= 15 is 0 Å². The highest BCUT2D eigenvalue weighted by molar-refractivity contribution is 5.85. The van der Waals surface area contributed by atoms with Crippen molar-refractivity contribution in [1.82, 2.24) is 0 Å². The van der Waals surface area contributed by atoms with Gasteiger partial charge in [-0.2, -0.15) is 0 Å². The van der Waals surface area contributed by atoms with Gasteiger partial charge in [0.15, 0.2) is 0 Å². The zero-order valence-electron chi connectivity index (χ0n) is 6.19. The minimum Gasteiger partial charge on any atom is -0.147 e. The molecule has 0 saturated carbocycles. The number of halogens is 2. The van der Waals surface area contributed by atoms with Crippen LogP contribution in [0.15, 0.2) is 43.0 Å². The predicted octanol–water partition coefficient (Wildman–Crippen LogP) is 3.26. The van der Waals surface area contributed by atoms with Gasteiger partial charge in [-0.3, -0.25) is 0 Å². The summed E-state index contributed by atoms with van der Waals surface area (Å²) in [6.07, 6.45) is 2.89. The summed E-state index contributed by atoms with van der Waals surface area (Å²) in [5, 5.41) is 0.